The summed E-state index contributed by atoms with van der Waals surface area (Å²) in [5.74, 6) is 0.961. The minimum atomic E-state index is 0.153. The number of nitrogens with zero attached hydrogens (tertiary/aromatic N) is 3. The Balaban J connectivity index is 1.46. The zero-order valence-corrected chi connectivity index (χ0v) is 10.7. The summed E-state index contributed by atoms with van der Waals surface area (Å²) < 4.78 is 1.77. The predicted octanol–water partition coefficient (Wildman–Crippen LogP) is 1.20. The van der Waals surface area contributed by atoms with Crippen LogP contribution in [0.1, 0.15) is 25.7 Å². The van der Waals surface area contributed by atoms with Gasteiger partial charge in [-0.2, -0.15) is 5.10 Å². The largest absolute Gasteiger partial charge is 0.368 e. The number of carbonyl (C=O) groups excluding carboxylic acids is 1. The molecule has 1 amide bonds. The summed E-state index contributed by atoms with van der Waals surface area (Å²) in [5.41, 5.74) is 0.949. The lowest BCUT2D eigenvalue weighted by atomic mass is 10.3. The molecule has 6 heteroatoms. The highest BCUT2D eigenvalue weighted by molar-refractivity contribution is 5.76. The van der Waals surface area contributed by atoms with E-state index in [1.807, 2.05) is 12.3 Å². The third-order valence-electron chi connectivity index (χ3n) is 3.14. The Hall–Kier alpha value is -2.11. The molecule has 1 saturated carbocycles. The van der Waals surface area contributed by atoms with E-state index in [0.717, 1.165) is 37.1 Å². The molecule has 0 saturated heterocycles. The first-order valence-electron chi connectivity index (χ1n) is 6.64. The topological polar surface area (TPSA) is 71.3 Å². The zero-order valence-electron chi connectivity index (χ0n) is 10.7. The molecule has 6 nitrogen and oxygen atoms in total. The molecule has 100 valence electrons. The molecule has 0 aliphatic heterocycles. The molecule has 3 rings (SSSR count). The fraction of sp³-hybridized carbons (Fsp3) is 0.462. The van der Waals surface area contributed by atoms with E-state index >= 15 is 0 Å². The summed E-state index contributed by atoms with van der Waals surface area (Å²) >= 11 is 0. The van der Waals surface area contributed by atoms with Crippen molar-refractivity contribution in [2.45, 2.75) is 31.7 Å². The maximum Gasteiger partial charge on any atom is 0.220 e. The lowest BCUT2D eigenvalue weighted by molar-refractivity contribution is -0.121. The minimum Gasteiger partial charge on any atom is -0.368 e. The summed E-state index contributed by atoms with van der Waals surface area (Å²) in [7, 11) is 0. The van der Waals surface area contributed by atoms with Gasteiger partial charge in [-0.15, -0.1) is 0 Å². The molecule has 1 fully saturated rings. The van der Waals surface area contributed by atoms with Gasteiger partial charge in [0.2, 0.25) is 5.91 Å². The molecule has 2 N–H and O–H groups in total. The third-order valence-corrected chi connectivity index (χ3v) is 3.14. The maximum atomic E-state index is 11.5. The highest BCUT2D eigenvalue weighted by Crippen LogP contribution is 2.18. The molecule has 0 spiro atoms. The molecular formula is C13H17N5O. The molecular weight excluding hydrogens is 242 g/mol. The Morgan fingerprint density at radius 2 is 2.32 bits per heavy atom. The second kappa shape index (κ2) is 5.26. The first-order valence-corrected chi connectivity index (χ1v) is 6.64. The van der Waals surface area contributed by atoms with Crippen molar-refractivity contribution in [2.24, 2.45) is 0 Å². The molecule has 1 aliphatic rings. The molecule has 0 aromatic carbocycles. The molecule has 19 heavy (non-hydrogen) atoms. The number of anilines is 1. The second-order valence-corrected chi connectivity index (χ2v) is 4.81. The van der Waals surface area contributed by atoms with Gasteiger partial charge in [-0.05, 0) is 25.3 Å². The number of rotatable bonds is 6. The van der Waals surface area contributed by atoms with E-state index < -0.39 is 0 Å². The van der Waals surface area contributed by atoms with Crippen molar-refractivity contribution in [2.75, 3.05) is 11.9 Å². The minimum absolute atomic E-state index is 0.153. The summed E-state index contributed by atoms with van der Waals surface area (Å²) in [6, 6.07) is 2.36. The van der Waals surface area contributed by atoms with Gasteiger partial charge in [-0.3, -0.25) is 4.79 Å². The lowest BCUT2D eigenvalue weighted by Crippen LogP contribution is -2.25. The fourth-order valence-corrected chi connectivity index (χ4v) is 1.98. The van der Waals surface area contributed by atoms with Crippen LogP contribution in [0.15, 0.2) is 24.7 Å². The molecule has 0 radical (unpaired) electrons. The molecule has 0 atom stereocenters. The Morgan fingerprint density at radius 3 is 3.16 bits per heavy atom. The van der Waals surface area contributed by atoms with Crippen LogP contribution in [0.4, 0.5) is 5.82 Å². The lowest BCUT2D eigenvalue weighted by Gasteiger charge is -2.07. The van der Waals surface area contributed by atoms with Crippen LogP contribution in [-0.4, -0.2) is 33.1 Å². The van der Waals surface area contributed by atoms with Gasteiger partial charge >= 0.3 is 0 Å². The predicted molar refractivity (Wildman–Crippen MR) is 71.9 cm³/mol. The van der Waals surface area contributed by atoms with E-state index in [9.17, 15) is 4.79 Å². The number of aromatic nitrogens is 3. The first-order chi connectivity index (χ1) is 9.33. The zero-order chi connectivity index (χ0) is 13.1. The van der Waals surface area contributed by atoms with Crippen LogP contribution in [0, 0.1) is 0 Å². The Morgan fingerprint density at radius 1 is 1.42 bits per heavy atom. The summed E-state index contributed by atoms with van der Waals surface area (Å²) in [5, 5.41) is 10.4. The van der Waals surface area contributed by atoms with E-state index in [1.165, 1.54) is 0 Å². The first kappa shape index (κ1) is 12.0. The van der Waals surface area contributed by atoms with Crippen LogP contribution in [0.2, 0.25) is 0 Å². The number of nitrogens with one attached hydrogen (secondary N) is 2. The molecule has 2 aromatic rings. The Bertz CT molecular complexity index is 575. The van der Waals surface area contributed by atoms with E-state index in [1.54, 1.807) is 16.9 Å². The number of hydrogen-bond acceptors (Lipinski definition) is 4. The normalized spacial score (nSPS) is 14.5. The number of fused-ring (bicyclic) bond motifs is 1. The van der Waals surface area contributed by atoms with Crippen molar-refractivity contribution in [1.29, 1.82) is 0 Å². The number of hydrogen-bond donors (Lipinski definition) is 2. The molecule has 2 heterocycles. The Labute approximate surface area is 111 Å². The third kappa shape index (κ3) is 3.01. The average molecular weight is 259 g/mol. The monoisotopic (exact) mass is 259 g/mol. The molecule has 0 bridgehead atoms. The SMILES string of the molecule is O=C(CCCNc1nccn2nccc12)NC1CC1. The maximum absolute atomic E-state index is 11.5. The van der Waals surface area contributed by atoms with Crippen molar-refractivity contribution in [3.05, 3.63) is 24.7 Å². The van der Waals surface area contributed by atoms with Gasteiger partial charge < -0.3 is 10.6 Å². The van der Waals surface area contributed by atoms with Crippen LogP contribution in [0.3, 0.4) is 0 Å². The summed E-state index contributed by atoms with van der Waals surface area (Å²) in [6.45, 7) is 0.732. The van der Waals surface area contributed by atoms with Crippen LogP contribution < -0.4 is 10.6 Å². The number of amides is 1. The van der Waals surface area contributed by atoms with Crippen molar-refractivity contribution in [1.82, 2.24) is 19.9 Å². The molecule has 2 aromatic heterocycles. The van der Waals surface area contributed by atoms with Crippen molar-refractivity contribution in [3.8, 4) is 0 Å². The van der Waals surface area contributed by atoms with Crippen LogP contribution >= 0.6 is 0 Å². The average Bonchev–Trinajstić information content (AvgIpc) is 3.07. The van der Waals surface area contributed by atoms with E-state index in [-0.39, 0.29) is 5.91 Å². The highest BCUT2D eigenvalue weighted by atomic mass is 16.1. The van der Waals surface area contributed by atoms with Crippen LogP contribution in [0.25, 0.3) is 5.52 Å². The van der Waals surface area contributed by atoms with Gasteiger partial charge in [0.25, 0.3) is 0 Å². The van der Waals surface area contributed by atoms with Gasteiger partial charge in [0.15, 0.2) is 5.82 Å². The van der Waals surface area contributed by atoms with Gasteiger partial charge in [-0.1, -0.05) is 0 Å². The van der Waals surface area contributed by atoms with Crippen molar-refractivity contribution in [3.63, 3.8) is 0 Å². The van der Waals surface area contributed by atoms with Crippen molar-refractivity contribution < 1.29 is 4.79 Å². The number of carbonyl (C=O) groups is 1. The van der Waals surface area contributed by atoms with Gasteiger partial charge in [-0.25, -0.2) is 9.50 Å². The highest BCUT2D eigenvalue weighted by Gasteiger charge is 2.22. The standard InChI is InChI=1S/C13H17N5O/c19-12(17-10-3-4-10)2-1-6-14-13-11-5-7-16-18(11)9-8-15-13/h5,7-10H,1-4,6H2,(H,14,15)(H,17,19). The van der Waals surface area contributed by atoms with Gasteiger partial charge in [0.1, 0.15) is 5.52 Å². The van der Waals surface area contributed by atoms with E-state index in [2.05, 4.69) is 20.7 Å². The quantitative estimate of drug-likeness (QED) is 0.765. The summed E-state index contributed by atoms with van der Waals surface area (Å²) in [6.07, 6.45) is 8.90. The fourth-order valence-electron chi connectivity index (χ4n) is 1.98. The molecule has 1 aliphatic carbocycles. The summed E-state index contributed by atoms with van der Waals surface area (Å²) in [4.78, 5) is 15.8. The van der Waals surface area contributed by atoms with E-state index in [4.69, 9.17) is 0 Å². The smallest absolute Gasteiger partial charge is 0.220 e. The van der Waals surface area contributed by atoms with Crippen LogP contribution in [0.5, 0.6) is 0 Å². The Kier molecular flexibility index (Phi) is 3.31. The van der Waals surface area contributed by atoms with Crippen molar-refractivity contribution >= 4 is 17.2 Å². The van der Waals surface area contributed by atoms with Gasteiger partial charge in [0.05, 0.1) is 6.20 Å². The van der Waals surface area contributed by atoms with Gasteiger partial charge in [0, 0.05) is 31.4 Å². The van der Waals surface area contributed by atoms with Crippen LogP contribution in [-0.2, 0) is 4.79 Å². The second-order valence-electron chi connectivity index (χ2n) is 4.81. The molecule has 0 unspecified atom stereocenters. The van der Waals surface area contributed by atoms with E-state index in [0.29, 0.717) is 12.5 Å².